The van der Waals surface area contributed by atoms with Crippen molar-refractivity contribution in [2.75, 3.05) is 5.75 Å². The number of carbonyl (C=O) groups excluding carboxylic acids is 1. The first-order valence-electron chi connectivity index (χ1n) is 11.6. The molecule has 7 heteroatoms. The normalized spacial score (nSPS) is 23.6. The molecule has 2 fully saturated rings. The number of nitrogens with one attached hydrogen (secondary N) is 1. The molecule has 0 spiro atoms. The number of aromatic nitrogens is 2. The number of hydrogen-bond donors (Lipinski definition) is 1. The van der Waals surface area contributed by atoms with Crippen LogP contribution in [0.1, 0.15) is 74.6 Å². The molecular formula is C23H31N3O2S2. The minimum absolute atomic E-state index is 0.00591. The van der Waals surface area contributed by atoms with Gasteiger partial charge in [-0.2, -0.15) is 0 Å². The predicted molar refractivity (Wildman–Crippen MR) is 124 cm³/mol. The van der Waals surface area contributed by atoms with Crippen LogP contribution >= 0.6 is 23.1 Å². The van der Waals surface area contributed by atoms with E-state index in [9.17, 15) is 9.59 Å². The van der Waals surface area contributed by atoms with Crippen LogP contribution in [-0.4, -0.2) is 38.6 Å². The number of rotatable bonds is 7. The molecule has 0 saturated heterocycles. The lowest BCUT2D eigenvalue weighted by molar-refractivity contribution is -0.132. The third-order valence-corrected chi connectivity index (χ3v) is 9.22. The van der Waals surface area contributed by atoms with Gasteiger partial charge in [0.2, 0.25) is 5.91 Å². The number of thioether (sulfide) groups is 1. The molecule has 0 bridgehead atoms. The Hall–Kier alpha value is -1.34. The van der Waals surface area contributed by atoms with Crippen molar-refractivity contribution in [3.63, 3.8) is 0 Å². The molecule has 0 radical (unpaired) electrons. The molecule has 2 aromatic rings. The van der Waals surface area contributed by atoms with E-state index < -0.39 is 0 Å². The Morgan fingerprint density at radius 3 is 2.60 bits per heavy atom. The van der Waals surface area contributed by atoms with Crippen LogP contribution < -0.4 is 5.56 Å². The topological polar surface area (TPSA) is 66.1 Å². The van der Waals surface area contributed by atoms with Gasteiger partial charge in [-0.3, -0.25) is 9.59 Å². The summed E-state index contributed by atoms with van der Waals surface area (Å²) in [5.41, 5.74) is 1.21. The molecule has 5 rings (SSSR count). The van der Waals surface area contributed by atoms with Crippen molar-refractivity contribution < 1.29 is 4.79 Å². The minimum atomic E-state index is -0.00591. The van der Waals surface area contributed by atoms with Crippen molar-refractivity contribution in [2.24, 2.45) is 5.92 Å². The Balaban J connectivity index is 1.21. The largest absolute Gasteiger partial charge is 0.336 e. The van der Waals surface area contributed by atoms with E-state index in [1.165, 1.54) is 55.4 Å². The van der Waals surface area contributed by atoms with Gasteiger partial charge >= 0.3 is 0 Å². The summed E-state index contributed by atoms with van der Waals surface area (Å²) < 4.78 is 0. The Morgan fingerprint density at radius 1 is 1.17 bits per heavy atom. The van der Waals surface area contributed by atoms with Crippen molar-refractivity contribution in [1.82, 2.24) is 14.9 Å². The summed E-state index contributed by atoms with van der Waals surface area (Å²) in [7, 11) is 0. The zero-order valence-corrected chi connectivity index (χ0v) is 19.4. The standard InChI is InChI=1S/C23H31N3O2S2/c1-2-14-6-8-15(9-7-14)26(16-10-11-16)20(27)13-29-12-19-24-22(28)21-17-4-3-5-18(17)30-23(21)25-19/h14-16H,2-13H2,1H3,(H,24,25,28). The highest BCUT2D eigenvalue weighted by atomic mass is 32.2. The maximum Gasteiger partial charge on any atom is 0.259 e. The van der Waals surface area contributed by atoms with Gasteiger partial charge in [0.25, 0.3) is 5.56 Å². The monoisotopic (exact) mass is 445 g/mol. The van der Waals surface area contributed by atoms with Gasteiger partial charge in [0.1, 0.15) is 10.7 Å². The number of carbonyl (C=O) groups is 1. The Bertz CT molecular complexity index is 986. The Kier molecular flexibility index (Phi) is 5.93. The number of fused-ring (bicyclic) bond motifs is 3. The fourth-order valence-electron chi connectivity index (χ4n) is 5.31. The Morgan fingerprint density at radius 2 is 1.90 bits per heavy atom. The molecule has 2 saturated carbocycles. The first-order valence-corrected chi connectivity index (χ1v) is 13.5. The van der Waals surface area contributed by atoms with Crippen LogP contribution in [0.3, 0.4) is 0 Å². The number of aryl methyl sites for hydroxylation is 2. The van der Waals surface area contributed by atoms with E-state index in [1.807, 2.05) is 0 Å². The van der Waals surface area contributed by atoms with E-state index in [0.29, 0.717) is 29.4 Å². The third kappa shape index (κ3) is 4.07. The molecule has 0 atom stereocenters. The van der Waals surface area contributed by atoms with Gasteiger partial charge in [0.05, 0.1) is 16.9 Å². The molecule has 0 aromatic carbocycles. The molecule has 1 amide bonds. The molecule has 0 unspecified atom stereocenters. The fourth-order valence-corrected chi connectivity index (χ4v) is 7.35. The van der Waals surface area contributed by atoms with Crippen LogP contribution in [0.2, 0.25) is 0 Å². The maximum absolute atomic E-state index is 13.1. The number of amides is 1. The average Bonchev–Trinajstić information content (AvgIpc) is 3.35. The summed E-state index contributed by atoms with van der Waals surface area (Å²) >= 11 is 3.26. The molecule has 3 aliphatic carbocycles. The zero-order valence-electron chi connectivity index (χ0n) is 17.7. The van der Waals surface area contributed by atoms with Crippen molar-refractivity contribution >= 4 is 39.2 Å². The van der Waals surface area contributed by atoms with Crippen molar-refractivity contribution in [2.45, 2.75) is 89.0 Å². The highest BCUT2D eigenvalue weighted by molar-refractivity contribution is 7.99. The molecule has 30 heavy (non-hydrogen) atoms. The maximum atomic E-state index is 13.1. The summed E-state index contributed by atoms with van der Waals surface area (Å²) in [5, 5.41) is 0.805. The van der Waals surface area contributed by atoms with E-state index in [1.54, 1.807) is 23.1 Å². The summed E-state index contributed by atoms with van der Waals surface area (Å²) in [6, 6.07) is 0.917. The second-order valence-corrected chi connectivity index (χ2v) is 11.2. The van der Waals surface area contributed by atoms with Crippen LogP contribution in [0.5, 0.6) is 0 Å². The van der Waals surface area contributed by atoms with Gasteiger partial charge in [-0.05, 0) is 69.3 Å². The second kappa shape index (κ2) is 8.65. The predicted octanol–water partition coefficient (Wildman–Crippen LogP) is 4.67. The van der Waals surface area contributed by atoms with E-state index in [4.69, 9.17) is 4.98 Å². The van der Waals surface area contributed by atoms with Crippen LogP contribution in [-0.2, 0) is 23.4 Å². The summed E-state index contributed by atoms with van der Waals surface area (Å²) in [6.45, 7) is 2.28. The van der Waals surface area contributed by atoms with Crippen molar-refractivity contribution in [3.05, 3.63) is 26.6 Å². The van der Waals surface area contributed by atoms with Crippen LogP contribution in [0.15, 0.2) is 4.79 Å². The van der Waals surface area contributed by atoms with E-state index in [0.717, 1.165) is 35.4 Å². The van der Waals surface area contributed by atoms with E-state index in [-0.39, 0.29) is 11.5 Å². The van der Waals surface area contributed by atoms with E-state index >= 15 is 0 Å². The zero-order chi connectivity index (χ0) is 20.7. The van der Waals surface area contributed by atoms with Gasteiger partial charge in [-0.15, -0.1) is 23.1 Å². The molecule has 2 heterocycles. The smallest absolute Gasteiger partial charge is 0.259 e. The van der Waals surface area contributed by atoms with Crippen LogP contribution in [0, 0.1) is 5.92 Å². The summed E-state index contributed by atoms with van der Waals surface area (Å²) in [5.74, 6) is 2.89. The molecular weight excluding hydrogens is 414 g/mol. The average molecular weight is 446 g/mol. The molecule has 0 aliphatic heterocycles. The lowest BCUT2D eigenvalue weighted by atomic mass is 9.84. The highest BCUT2D eigenvalue weighted by Crippen LogP contribution is 2.37. The van der Waals surface area contributed by atoms with Gasteiger partial charge < -0.3 is 9.88 Å². The number of aromatic amines is 1. The Labute approximate surface area is 186 Å². The van der Waals surface area contributed by atoms with Gasteiger partial charge in [0.15, 0.2) is 0 Å². The second-order valence-electron chi connectivity index (χ2n) is 9.16. The first kappa shape index (κ1) is 20.6. The first-order chi connectivity index (χ1) is 14.6. The number of H-pyrrole nitrogens is 1. The fraction of sp³-hybridized carbons (Fsp3) is 0.696. The van der Waals surface area contributed by atoms with Gasteiger partial charge in [-0.25, -0.2) is 4.98 Å². The third-order valence-electron chi connectivity index (χ3n) is 7.10. The van der Waals surface area contributed by atoms with Crippen molar-refractivity contribution in [3.8, 4) is 0 Å². The van der Waals surface area contributed by atoms with Gasteiger partial charge in [-0.1, -0.05) is 13.3 Å². The molecule has 3 aliphatic rings. The lowest BCUT2D eigenvalue weighted by Crippen LogP contribution is -2.44. The highest BCUT2D eigenvalue weighted by Gasteiger charge is 2.38. The summed E-state index contributed by atoms with van der Waals surface area (Å²) in [4.78, 5) is 37.8. The molecule has 1 N–H and O–H groups in total. The quantitative estimate of drug-likeness (QED) is 0.673. The van der Waals surface area contributed by atoms with Crippen molar-refractivity contribution in [1.29, 1.82) is 0 Å². The lowest BCUT2D eigenvalue weighted by Gasteiger charge is -2.37. The van der Waals surface area contributed by atoms with E-state index in [2.05, 4.69) is 16.8 Å². The summed E-state index contributed by atoms with van der Waals surface area (Å²) in [6.07, 6.45) is 11.7. The number of hydrogen-bond acceptors (Lipinski definition) is 5. The minimum Gasteiger partial charge on any atom is -0.336 e. The number of nitrogens with zero attached hydrogens (tertiary/aromatic N) is 2. The SMILES string of the molecule is CCC1CCC(N(C(=O)CSCc2nc3sc4c(c3c(=O)[nH]2)CCC4)C2CC2)CC1. The molecule has 162 valence electrons. The van der Waals surface area contributed by atoms with Crippen LogP contribution in [0.25, 0.3) is 10.2 Å². The molecule has 2 aromatic heterocycles. The van der Waals surface area contributed by atoms with Crippen LogP contribution in [0.4, 0.5) is 0 Å². The van der Waals surface area contributed by atoms with Gasteiger partial charge in [0, 0.05) is 17.0 Å². The number of thiophene rings is 1. The molecule has 5 nitrogen and oxygen atoms in total.